The first-order valence-corrected chi connectivity index (χ1v) is 9.33. The van der Waals surface area contributed by atoms with E-state index in [1.807, 2.05) is 12.3 Å². The van der Waals surface area contributed by atoms with Crippen molar-refractivity contribution in [1.82, 2.24) is 15.3 Å². The van der Waals surface area contributed by atoms with E-state index < -0.39 is 0 Å². The van der Waals surface area contributed by atoms with Crippen molar-refractivity contribution < 1.29 is 0 Å². The molecule has 26 heavy (non-hydrogen) atoms. The summed E-state index contributed by atoms with van der Waals surface area (Å²) in [7, 11) is 0. The Labute approximate surface area is 155 Å². The summed E-state index contributed by atoms with van der Waals surface area (Å²) >= 11 is 0. The summed E-state index contributed by atoms with van der Waals surface area (Å²) in [6.07, 6.45) is 3.00. The molecule has 1 aromatic heterocycles. The summed E-state index contributed by atoms with van der Waals surface area (Å²) in [6, 6.07) is 17.4. The molecule has 0 saturated carbocycles. The lowest BCUT2D eigenvalue weighted by Gasteiger charge is -2.26. The molecule has 4 nitrogen and oxygen atoms in total. The first-order valence-electron chi connectivity index (χ1n) is 9.33. The maximum Gasteiger partial charge on any atom is 0.225 e. The SMILES string of the molecule is CC(C)(C)N[C@@H]1CCN(c2nccc(-c3ccc4ccccc4c3)n2)C1. The average Bonchev–Trinajstić information content (AvgIpc) is 3.08. The third-order valence-electron chi connectivity index (χ3n) is 4.80. The Morgan fingerprint density at radius 2 is 1.85 bits per heavy atom. The van der Waals surface area contributed by atoms with Crippen molar-refractivity contribution in [1.29, 1.82) is 0 Å². The first kappa shape index (κ1) is 17.0. The largest absolute Gasteiger partial charge is 0.339 e. The summed E-state index contributed by atoms with van der Waals surface area (Å²) < 4.78 is 0. The molecule has 134 valence electrons. The molecule has 0 radical (unpaired) electrons. The van der Waals surface area contributed by atoms with E-state index in [0.29, 0.717) is 6.04 Å². The maximum atomic E-state index is 4.85. The van der Waals surface area contributed by atoms with Crippen molar-refractivity contribution in [3.8, 4) is 11.3 Å². The van der Waals surface area contributed by atoms with Gasteiger partial charge in [-0.3, -0.25) is 0 Å². The van der Waals surface area contributed by atoms with E-state index in [9.17, 15) is 0 Å². The predicted octanol–water partition coefficient (Wildman–Crippen LogP) is 4.26. The third kappa shape index (κ3) is 3.70. The van der Waals surface area contributed by atoms with E-state index in [0.717, 1.165) is 36.7 Å². The van der Waals surface area contributed by atoms with Gasteiger partial charge in [0.05, 0.1) is 5.69 Å². The van der Waals surface area contributed by atoms with Gasteiger partial charge in [0.15, 0.2) is 0 Å². The second-order valence-corrected chi connectivity index (χ2v) is 8.13. The van der Waals surface area contributed by atoms with Crippen molar-refractivity contribution in [2.75, 3.05) is 18.0 Å². The number of hydrogen-bond acceptors (Lipinski definition) is 4. The van der Waals surface area contributed by atoms with E-state index in [1.165, 1.54) is 10.8 Å². The normalized spacial score (nSPS) is 17.8. The second kappa shape index (κ2) is 6.69. The molecule has 0 amide bonds. The Hall–Kier alpha value is -2.46. The lowest BCUT2D eigenvalue weighted by Crippen LogP contribution is -2.45. The Morgan fingerprint density at radius 3 is 2.65 bits per heavy atom. The number of hydrogen-bond donors (Lipinski definition) is 1. The molecule has 0 bridgehead atoms. The zero-order chi connectivity index (χ0) is 18.1. The lowest BCUT2D eigenvalue weighted by molar-refractivity contribution is 0.373. The lowest BCUT2D eigenvalue weighted by atomic mass is 10.1. The van der Waals surface area contributed by atoms with Gasteiger partial charge >= 0.3 is 0 Å². The number of anilines is 1. The second-order valence-electron chi connectivity index (χ2n) is 8.13. The molecule has 1 aliphatic heterocycles. The number of benzene rings is 2. The molecule has 1 fully saturated rings. The Balaban J connectivity index is 1.57. The predicted molar refractivity (Wildman–Crippen MR) is 108 cm³/mol. The van der Waals surface area contributed by atoms with Crippen LogP contribution in [0.2, 0.25) is 0 Å². The van der Waals surface area contributed by atoms with Gasteiger partial charge in [-0.2, -0.15) is 0 Å². The monoisotopic (exact) mass is 346 g/mol. The molecule has 0 unspecified atom stereocenters. The Kier molecular flexibility index (Phi) is 4.37. The summed E-state index contributed by atoms with van der Waals surface area (Å²) in [5.74, 6) is 0.828. The zero-order valence-corrected chi connectivity index (χ0v) is 15.7. The standard InChI is InChI=1S/C22H26N4/c1-22(2,3)25-19-11-13-26(15-19)21-23-12-10-20(24-21)18-9-8-16-6-4-5-7-17(16)14-18/h4-10,12,14,19,25H,11,13,15H2,1-3H3/t19-/m1/s1. The molecular weight excluding hydrogens is 320 g/mol. The van der Waals surface area contributed by atoms with Crippen LogP contribution in [-0.2, 0) is 0 Å². The van der Waals surface area contributed by atoms with Crippen LogP contribution in [0.1, 0.15) is 27.2 Å². The molecule has 0 spiro atoms. The average molecular weight is 346 g/mol. The minimum absolute atomic E-state index is 0.133. The summed E-state index contributed by atoms with van der Waals surface area (Å²) in [5, 5.41) is 6.17. The van der Waals surface area contributed by atoms with Crippen LogP contribution in [0.3, 0.4) is 0 Å². The van der Waals surface area contributed by atoms with Crippen LogP contribution >= 0.6 is 0 Å². The molecule has 1 saturated heterocycles. The highest BCUT2D eigenvalue weighted by Gasteiger charge is 2.27. The molecule has 0 aliphatic carbocycles. The van der Waals surface area contributed by atoms with E-state index in [1.54, 1.807) is 0 Å². The zero-order valence-electron chi connectivity index (χ0n) is 15.7. The number of rotatable bonds is 3. The van der Waals surface area contributed by atoms with Gasteiger partial charge in [0, 0.05) is 36.4 Å². The summed E-state index contributed by atoms with van der Waals surface area (Å²) in [4.78, 5) is 11.7. The van der Waals surface area contributed by atoms with Crippen molar-refractivity contribution in [2.24, 2.45) is 0 Å². The summed E-state index contributed by atoms with van der Waals surface area (Å²) in [6.45, 7) is 8.60. The molecule has 1 aliphatic rings. The minimum Gasteiger partial charge on any atom is -0.339 e. The van der Waals surface area contributed by atoms with E-state index in [4.69, 9.17) is 4.98 Å². The summed E-state index contributed by atoms with van der Waals surface area (Å²) in [5.41, 5.74) is 2.25. The van der Waals surface area contributed by atoms with Gasteiger partial charge in [0.2, 0.25) is 5.95 Å². The highest BCUT2D eigenvalue weighted by molar-refractivity contribution is 5.86. The van der Waals surface area contributed by atoms with Gasteiger partial charge in [-0.25, -0.2) is 9.97 Å². The number of aromatic nitrogens is 2. The van der Waals surface area contributed by atoms with Crippen LogP contribution in [0.25, 0.3) is 22.0 Å². The molecule has 3 aromatic rings. The van der Waals surface area contributed by atoms with Crippen LogP contribution in [0.4, 0.5) is 5.95 Å². The van der Waals surface area contributed by atoms with Gasteiger partial charge in [0.25, 0.3) is 0 Å². The quantitative estimate of drug-likeness (QED) is 0.769. The molecule has 2 aromatic carbocycles. The topological polar surface area (TPSA) is 41.0 Å². The number of nitrogens with zero attached hydrogens (tertiary/aromatic N) is 3. The van der Waals surface area contributed by atoms with Crippen LogP contribution < -0.4 is 10.2 Å². The van der Waals surface area contributed by atoms with Gasteiger partial charge in [-0.1, -0.05) is 36.4 Å². The maximum absolute atomic E-state index is 4.85. The van der Waals surface area contributed by atoms with Crippen LogP contribution in [-0.4, -0.2) is 34.6 Å². The Morgan fingerprint density at radius 1 is 1.04 bits per heavy atom. The molecule has 4 heteroatoms. The molecule has 4 rings (SSSR count). The molecule has 1 atom stereocenters. The van der Waals surface area contributed by atoms with Gasteiger partial charge in [-0.05, 0) is 50.1 Å². The highest BCUT2D eigenvalue weighted by Crippen LogP contribution is 2.25. The highest BCUT2D eigenvalue weighted by atomic mass is 15.3. The van der Waals surface area contributed by atoms with E-state index in [-0.39, 0.29) is 5.54 Å². The first-order chi connectivity index (χ1) is 12.5. The van der Waals surface area contributed by atoms with Crippen molar-refractivity contribution >= 4 is 16.7 Å². The fourth-order valence-electron chi connectivity index (χ4n) is 3.68. The van der Waals surface area contributed by atoms with Crippen LogP contribution in [0, 0.1) is 0 Å². The van der Waals surface area contributed by atoms with Crippen LogP contribution in [0.15, 0.2) is 54.7 Å². The van der Waals surface area contributed by atoms with Crippen molar-refractivity contribution in [3.63, 3.8) is 0 Å². The van der Waals surface area contributed by atoms with Gasteiger partial charge in [0.1, 0.15) is 0 Å². The smallest absolute Gasteiger partial charge is 0.225 e. The number of fused-ring (bicyclic) bond motifs is 1. The van der Waals surface area contributed by atoms with E-state index >= 15 is 0 Å². The van der Waals surface area contributed by atoms with Gasteiger partial charge in [-0.15, -0.1) is 0 Å². The molecule has 1 N–H and O–H groups in total. The fourth-order valence-corrected chi connectivity index (χ4v) is 3.68. The fraction of sp³-hybridized carbons (Fsp3) is 0.364. The Bertz CT molecular complexity index is 913. The van der Waals surface area contributed by atoms with Gasteiger partial charge < -0.3 is 10.2 Å². The minimum atomic E-state index is 0.133. The van der Waals surface area contributed by atoms with Crippen molar-refractivity contribution in [2.45, 2.75) is 38.8 Å². The van der Waals surface area contributed by atoms with Crippen LogP contribution in [0.5, 0.6) is 0 Å². The van der Waals surface area contributed by atoms with Crippen molar-refractivity contribution in [3.05, 3.63) is 54.7 Å². The third-order valence-corrected chi connectivity index (χ3v) is 4.80. The molecular formula is C22H26N4. The van der Waals surface area contributed by atoms with E-state index in [2.05, 4.69) is 78.4 Å². The number of nitrogens with one attached hydrogen (secondary N) is 1. The molecule has 2 heterocycles.